The van der Waals surface area contributed by atoms with Crippen molar-refractivity contribution < 1.29 is 9.53 Å². The topological polar surface area (TPSA) is 41.6 Å². The van der Waals surface area contributed by atoms with Gasteiger partial charge in [-0.3, -0.25) is 0 Å². The number of piperidine rings is 1. The quantitative estimate of drug-likeness (QED) is 0.791. The minimum Gasteiger partial charge on any atom is -0.444 e. The Morgan fingerprint density at radius 1 is 1.43 bits per heavy atom. The lowest BCUT2D eigenvalue weighted by Gasteiger charge is -2.36. The Balaban J connectivity index is 1.76. The Morgan fingerprint density at radius 2 is 2.19 bits per heavy atom. The number of anilines is 1. The van der Waals surface area contributed by atoms with E-state index in [0.29, 0.717) is 18.5 Å². The zero-order valence-electron chi connectivity index (χ0n) is 12.6. The first-order valence-corrected chi connectivity index (χ1v) is 7.75. The maximum atomic E-state index is 12.2. The molecule has 114 valence electrons. The van der Waals surface area contributed by atoms with Crippen molar-refractivity contribution in [3.63, 3.8) is 0 Å². The summed E-state index contributed by atoms with van der Waals surface area (Å²) in [6.07, 6.45) is 0.701. The molecule has 2 aliphatic rings. The molecule has 2 atom stereocenters. The smallest absolute Gasteiger partial charge is 0.410 e. The maximum absolute atomic E-state index is 12.2. The summed E-state index contributed by atoms with van der Waals surface area (Å²) >= 11 is 6.11. The lowest BCUT2D eigenvalue weighted by molar-refractivity contribution is 0.0195. The summed E-state index contributed by atoms with van der Waals surface area (Å²) in [6, 6.07) is 6.31. The Hall–Kier alpha value is -1.42. The molecule has 2 aliphatic heterocycles. The van der Waals surface area contributed by atoms with E-state index in [1.165, 1.54) is 5.56 Å². The second-order valence-electron chi connectivity index (χ2n) is 6.80. The number of fused-ring (bicyclic) bond motifs is 3. The third kappa shape index (κ3) is 2.95. The van der Waals surface area contributed by atoms with Crippen LogP contribution in [0.25, 0.3) is 0 Å². The molecule has 0 aromatic heterocycles. The van der Waals surface area contributed by atoms with E-state index in [-0.39, 0.29) is 6.09 Å². The fourth-order valence-electron chi connectivity index (χ4n) is 3.10. The van der Waals surface area contributed by atoms with Crippen LogP contribution in [0.3, 0.4) is 0 Å². The van der Waals surface area contributed by atoms with Gasteiger partial charge in [-0.05, 0) is 51.0 Å². The van der Waals surface area contributed by atoms with Gasteiger partial charge in [-0.25, -0.2) is 4.79 Å². The SMILES string of the molecule is CC(C)(C)OC(=O)N1CC[C@@H]2Nc3ccc(Cl)cc3[C@@H]2C1. The van der Waals surface area contributed by atoms with Gasteiger partial charge in [-0.15, -0.1) is 0 Å². The molecule has 2 heterocycles. The van der Waals surface area contributed by atoms with Crippen LogP contribution < -0.4 is 5.32 Å². The summed E-state index contributed by atoms with van der Waals surface area (Å²) < 4.78 is 5.48. The zero-order chi connectivity index (χ0) is 15.2. The number of rotatable bonds is 0. The first-order chi connectivity index (χ1) is 9.83. The van der Waals surface area contributed by atoms with Crippen molar-refractivity contribution in [2.24, 2.45) is 0 Å². The molecule has 1 N–H and O–H groups in total. The number of carbonyl (C=O) groups excluding carboxylic acids is 1. The third-order valence-corrected chi connectivity index (χ3v) is 4.25. The molecular weight excluding hydrogens is 288 g/mol. The molecule has 1 amide bonds. The number of nitrogens with zero attached hydrogens (tertiary/aromatic N) is 1. The average molecular weight is 309 g/mol. The van der Waals surface area contributed by atoms with E-state index in [1.54, 1.807) is 0 Å². The fourth-order valence-corrected chi connectivity index (χ4v) is 3.28. The monoisotopic (exact) mass is 308 g/mol. The average Bonchev–Trinajstić information content (AvgIpc) is 2.74. The summed E-state index contributed by atoms with van der Waals surface area (Å²) in [5.41, 5.74) is 1.89. The number of nitrogens with one attached hydrogen (secondary N) is 1. The first-order valence-electron chi connectivity index (χ1n) is 7.37. The highest BCUT2D eigenvalue weighted by atomic mass is 35.5. The second-order valence-corrected chi connectivity index (χ2v) is 7.24. The van der Waals surface area contributed by atoms with Crippen LogP contribution in [0.15, 0.2) is 18.2 Å². The molecule has 0 unspecified atom stereocenters. The third-order valence-electron chi connectivity index (χ3n) is 4.02. The number of ether oxygens (including phenoxy) is 1. The molecule has 1 fully saturated rings. The van der Waals surface area contributed by atoms with E-state index in [9.17, 15) is 4.79 Å². The van der Waals surface area contributed by atoms with Gasteiger partial charge in [0.15, 0.2) is 0 Å². The van der Waals surface area contributed by atoms with Crippen LogP contribution in [0.5, 0.6) is 0 Å². The molecule has 0 bridgehead atoms. The maximum Gasteiger partial charge on any atom is 0.410 e. The van der Waals surface area contributed by atoms with E-state index in [2.05, 4.69) is 5.32 Å². The first kappa shape index (κ1) is 14.5. The molecule has 1 saturated heterocycles. The van der Waals surface area contributed by atoms with Gasteiger partial charge < -0.3 is 15.0 Å². The summed E-state index contributed by atoms with van der Waals surface area (Å²) in [6.45, 7) is 7.09. The predicted molar refractivity (Wildman–Crippen MR) is 84.0 cm³/mol. The van der Waals surface area contributed by atoms with Gasteiger partial charge in [0.25, 0.3) is 0 Å². The van der Waals surface area contributed by atoms with Crippen molar-refractivity contribution in [3.8, 4) is 0 Å². The lowest BCUT2D eigenvalue weighted by Crippen LogP contribution is -2.46. The van der Waals surface area contributed by atoms with Gasteiger partial charge in [-0.2, -0.15) is 0 Å². The van der Waals surface area contributed by atoms with Gasteiger partial charge >= 0.3 is 6.09 Å². The van der Waals surface area contributed by atoms with Crippen LogP contribution >= 0.6 is 11.6 Å². The van der Waals surface area contributed by atoms with E-state index in [1.807, 2.05) is 43.9 Å². The predicted octanol–water partition coefficient (Wildman–Crippen LogP) is 3.86. The van der Waals surface area contributed by atoms with Crippen molar-refractivity contribution in [1.82, 2.24) is 4.90 Å². The highest BCUT2D eigenvalue weighted by molar-refractivity contribution is 6.30. The second kappa shape index (κ2) is 5.09. The van der Waals surface area contributed by atoms with E-state index in [4.69, 9.17) is 16.3 Å². The number of likely N-dealkylation sites (tertiary alicyclic amines) is 1. The van der Waals surface area contributed by atoms with E-state index >= 15 is 0 Å². The van der Waals surface area contributed by atoms with Gasteiger partial charge in [0.2, 0.25) is 0 Å². The standard InChI is InChI=1S/C16H21ClN2O2/c1-16(2,3)21-15(20)19-7-6-14-12(9-19)11-8-10(17)4-5-13(11)18-14/h4-5,8,12,14,18H,6-7,9H2,1-3H3/t12-,14-/m0/s1. The van der Waals surface area contributed by atoms with Crippen LogP contribution in [-0.4, -0.2) is 35.7 Å². The normalized spacial score (nSPS) is 24.1. The lowest BCUT2D eigenvalue weighted by atomic mass is 9.89. The van der Waals surface area contributed by atoms with Crippen molar-refractivity contribution >= 4 is 23.4 Å². The molecule has 5 heteroatoms. The van der Waals surface area contributed by atoms with Crippen molar-refractivity contribution in [1.29, 1.82) is 0 Å². The fraction of sp³-hybridized carbons (Fsp3) is 0.562. The molecule has 21 heavy (non-hydrogen) atoms. The molecule has 0 spiro atoms. The summed E-state index contributed by atoms with van der Waals surface area (Å²) in [5.74, 6) is 0.292. The van der Waals surface area contributed by atoms with Gasteiger partial charge in [0, 0.05) is 35.8 Å². The minimum absolute atomic E-state index is 0.226. The largest absolute Gasteiger partial charge is 0.444 e. The number of benzene rings is 1. The molecular formula is C16H21ClN2O2. The minimum atomic E-state index is -0.455. The molecule has 0 saturated carbocycles. The Morgan fingerprint density at radius 3 is 2.90 bits per heavy atom. The van der Waals surface area contributed by atoms with Crippen LogP contribution in [0.1, 0.15) is 38.7 Å². The molecule has 1 aromatic carbocycles. The zero-order valence-corrected chi connectivity index (χ0v) is 13.4. The summed E-state index contributed by atoms with van der Waals surface area (Å²) in [4.78, 5) is 14.0. The summed E-state index contributed by atoms with van der Waals surface area (Å²) in [5, 5.41) is 4.28. The Bertz CT molecular complexity index is 568. The van der Waals surface area contributed by atoms with E-state index < -0.39 is 5.60 Å². The van der Waals surface area contributed by atoms with Crippen molar-refractivity contribution in [2.75, 3.05) is 18.4 Å². The molecule has 0 radical (unpaired) electrons. The molecule has 3 rings (SSSR count). The van der Waals surface area contributed by atoms with Crippen LogP contribution in [0.2, 0.25) is 5.02 Å². The van der Waals surface area contributed by atoms with Gasteiger partial charge in [0.05, 0.1) is 0 Å². The molecule has 1 aromatic rings. The molecule has 4 nitrogen and oxygen atoms in total. The number of hydrogen-bond donors (Lipinski definition) is 1. The van der Waals surface area contributed by atoms with Crippen molar-refractivity contribution in [2.45, 2.75) is 44.8 Å². The van der Waals surface area contributed by atoms with E-state index in [0.717, 1.165) is 23.7 Å². The van der Waals surface area contributed by atoms with Crippen LogP contribution in [0, 0.1) is 0 Å². The van der Waals surface area contributed by atoms with Crippen LogP contribution in [0.4, 0.5) is 10.5 Å². The highest BCUT2D eigenvalue weighted by Gasteiger charge is 2.39. The number of hydrogen-bond acceptors (Lipinski definition) is 3. The summed E-state index contributed by atoms with van der Waals surface area (Å²) in [7, 11) is 0. The van der Waals surface area contributed by atoms with Crippen LogP contribution in [-0.2, 0) is 4.74 Å². The Labute approximate surface area is 130 Å². The highest BCUT2D eigenvalue weighted by Crippen LogP contribution is 2.41. The van der Waals surface area contributed by atoms with Crippen molar-refractivity contribution in [3.05, 3.63) is 28.8 Å². The number of amides is 1. The number of carbonyl (C=O) groups is 1. The molecule has 0 aliphatic carbocycles. The Kier molecular flexibility index (Phi) is 3.52. The van der Waals surface area contributed by atoms with Gasteiger partial charge in [-0.1, -0.05) is 11.6 Å². The number of halogens is 1. The van der Waals surface area contributed by atoms with Gasteiger partial charge in [0.1, 0.15) is 5.60 Å².